The number of carbonyl (C=O) groups excluding carboxylic acids is 2. The minimum Gasteiger partial charge on any atom is -0.507 e. The number of ketones is 1. The molecular weight excluding hydrogens is 438 g/mol. The maximum atomic E-state index is 13.2. The van der Waals surface area contributed by atoms with Gasteiger partial charge in [0, 0.05) is 17.3 Å². The van der Waals surface area contributed by atoms with Gasteiger partial charge < -0.3 is 23.7 Å². The molecule has 0 aliphatic carbocycles. The van der Waals surface area contributed by atoms with Gasteiger partial charge in [-0.2, -0.15) is 0 Å². The van der Waals surface area contributed by atoms with E-state index < -0.39 is 17.7 Å². The second-order valence-corrected chi connectivity index (χ2v) is 7.64. The first-order valence-corrected chi connectivity index (χ1v) is 10.7. The van der Waals surface area contributed by atoms with Crippen molar-refractivity contribution >= 4 is 23.1 Å². The molecular formula is C26H25NO7. The van der Waals surface area contributed by atoms with E-state index in [1.165, 1.54) is 25.4 Å². The summed E-state index contributed by atoms with van der Waals surface area (Å²) in [5.41, 5.74) is 1.50. The SMILES string of the molecule is CCOc1ccc(/C(O)=C2/C(=O)C(=O)N(c3ccc(OC)c(OC)c3)C2c2ccco2)cc1C. The smallest absolute Gasteiger partial charge is 0.300 e. The molecule has 34 heavy (non-hydrogen) atoms. The lowest BCUT2D eigenvalue weighted by atomic mass is 9.98. The summed E-state index contributed by atoms with van der Waals surface area (Å²) >= 11 is 0. The van der Waals surface area contributed by atoms with Gasteiger partial charge in [0.25, 0.3) is 11.7 Å². The predicted molar refractivity (Wildman–Crippen MR) is 125 cm³/mol. The van der Waals surface area contributed by atoms with Crippen LogP contribution >= 0.6 is 0 Å². The minimum atomic E-state index is -0.972. The maximum absolute atomic E-state index is 13.2. The van der Waals surface area contributed by atoms with Crippen LogP contribution in [0.5, 0.6) is 17.2 Å². The Morgan fingerprint density at radius 1 is 1.03 bits per heavy atom. The number of hydrogen-bond acceptors (Lipinski definition) is 7. The lowest BCUT2D eigenvalue weighted by Crippen LogP contribution is -2.29. The van der Waals surface area contributed by atoms with Crippen LogP contribution in [0.15, 0.2) is 64.8 Å². The van der Waals surface area contributed by atoms with Gasteiger partial charge in [0.05, 0.1) is 32.7 Å². The molecule has 1 amide bonds. The number of ether oxygens (including phenoxy) is 3. The zero-order valence-electron chi connectivity index (χ0n) is 19.3. The van der Waals surface area contributed by atoms with E-state index >= 15 is 0 Å². The number of furan rings is 1. The molecule has 1 fully saturated rings. The van der Waals surface area contributed by atoms with Gasteiger partial charge in [-0.1, -0.05) is 0 Å². The summed E-state index contributed by atoms with van der Waals surface area (Å²) in [6, 6.07) is 12.3. The van der Waals surface area contributed by atoms with E-state index in [2.05, 4.69) is 0 Å². The van der Waals surface area contributed by atoms with Crippen LogP contribution in [0.4, 0.5) is 5.69 Å². The van der Waals surface area contributed by atoms with Crippen LogP contribution in [-0.4, -0.2) is 37.6 Å². The van der Waals surface area contributed by atoms with Crippen molar-refractivity contribution in [2.75, 3.05) is 25.7 Å². The quantitative estimate of drug-likeness (QED) is 0.310. The summed E-state index contributed by atoms with van der Waals surface area (Å²) < 4.78 is 21.8. The van der Waals surface area contributed by atoms with Crippen molar-refractivity contribution in [1.82, 2.24) is 0 Å². The van der Waals surface area contributed by atoms with Gasteiger partial charge in [-0.05, 0) is 61.9 Å². The summed E-state index contributed by atoms with van der Waals surface area (Å²) in [5, 5.41) is 11.2. The zero-order valence-corrected chi connectivity index (χ0v) is 19.3. The molecule has 1 aromatic heterocycles. The van der Waals surface area contributed by atoms with E-state index in [1.54, 1.807) is 48.5 Å². The molecule has 0 bridgehead atoms. The number of methoxy groups -OCH3 is 2. The lowest BCUT2D eigenvalue weighted by Gasteiger charge is -2.24. The van der Waals surface area contributed by atoms with E-state index in [9.17, 15) is 14.7 Å². The summed E-state index contributed by atoms with van der Waals surface area (Å²) in [6.45, 7) is 4.22. The molecule has 1 saturated heterocycles. The van der Waals surface area contributed by atoms with Crippen molar-refractivity contribution in [3.8, 4) is 17.2 Å². The van der Waals surface area contributed by atoms with Crippen LogP contribution in [0, 0.1) is 6.92 Å². The Hall–Kier alpha value is -4.20. The fourth-order valence-electron chi connectivity index (χ4n) is 4.06. The fourth-order valence-corrected chi connectivity index (χ4v) is 4.06. The Bertz CT molecular complexity index is 1260. The van der Waals surface area contributed by atoms with Crippen LogP contribution in [0.25, 0.3) is 5.76 Å². The van der Waals surface area contributed by atoms with Crippen LogP contribution in [-0.2, 0) is 9.59 Å². The molecule has 1 atom stereocenters. The molecule has 1 unspecified atom stereocenters. The molecule has 8 nitrogen and oxygen atoms in total. The Labute approximate surface area is 197 Å². The number of anilines is 1. The second kappa shape index (κ2) is 9.35. The Morgan fingerprint density at radius 3 is 2.38 bits per heavy atom. The fraction of sp³-hybridized carbons (Fsp3) is 0.231. The average Bonchev–Trinajstić information content (AvgIpc) is 3.46. The number of aliphatic hydroxyl groups excluding tert-OH is 1. The van der Waals surface area contributed by atoms with Crippen molar-refractivity contribution in [2.45, 2.75) is 19.9 Å². The van der Waals surface area contributed by atoms with E-state index in [1.807, 2.05) is 13.8 Å². The van der Waals surface area contributed by atoms with Gasteiger partial charge in [0.2, 0.25) is 0 Å². The summed E-state index contributed by atoms with van der Waals surface area (Å²) in [4.78, 5) is 27.7. The third kappa shape index (κ3) is 3.87. The predicted octanol–water partition coefficient (Wildman–Crippen LogP) is 4.63. The number of aliphatic hydroxyl groups is 1. The van der Waals surface area contributed by atoms with Crippen LogP contribution < -0.4 is 19.1 Å². The molecule has 0 spiro atoms. The molecule has 4 rings (SSSR count). The second-order valence-electron chi connectivity index (χ2n) is 7.64. The van der Waals surface area contributed by atoms with Gasteiger partial charge in [0.1, 0.15) is 23.3 Å². The van der Waals surface area contributed by atoms with E-state index in [0.29, 0.717) is 40.9 Å². The van der Waals surface area contributed by atoms with Crippen LogP contribution in [0.2, 0.25) is 0 Å². The highest BCUT2D eigenvalue weighted by molar-refractivity contribution is 6.51. The standard InChI is InChI=1S/C26H25NO7/c1-5-33-18-10-8-16(13-15(18)2)24(28)22-23(20-7-6-12-34-20)27(26(30)25(22)29)17-9-11-19(31-3)21(14-17)32-4/h6-14,23,28H,5H2,1-4H3/b24-22-. The largest absolute Gasteiger partial charge is 0.507 e. The molecule has 8 heteroatoms. The first-order valence-electron chi connectivity index (χ1n) is 10.7. The number of carbonyl (C=O) groups is 2. The number of Topliss-reactive ketones (excluding diaryl/α,β-unsaturated/α-hetero) is 1. The van der Waals surface area contributed by atoms with Gasteiger partial charge in [-0.15, -0.1) is 0 Å². The number of amides is 1. The van der Waals surface area contributed by atoms with Crippen molar-refractivity contribution in [3.05, 3.63) is 77.3 Å². The minimum absolute atomic E-state index is 0.0710. The molecule has 0 radical (unpaired) electrons. The van der Waals surface area contributed by atoms with Gasteiger partial charge >= 0.3 is 0 Å². The van der Waals surface area contributed by atoms with Gasteiger partial charge in [-0.25, -0.2) is 0 Å². The first-order chi connectivity index (χ1) is 16.4. The van der Waals surface area contributed by atoms with Crippen molar-refractivity contribution in [2.24, 2.45) is 0 Å². The van der Waals surface area contributed by atoms with Gasteiger partial charge in [-0.3, -0.25) is 14.5 Å². The molecule has 1 aliphatic heterocycles. The van der Waals surface area contributed by atoms with Crippen molar-refractivity contribution < 1.29 is 33.3 Å². The monoisotopic (exact) mass is 463 g/mol. The Balaban J connectivity index is 1.88. The number of rotatable bonds is 7. The van der Waals surface area contributed by atoms with E-state index in [-0.39, 0.29) is 11.3 Å². The molecule has 0 saturated carbocycles. The molecule has 1 aliphatic rings. The molecule has 2 heterocycles. The third-order valence-electron chi connectivity index (χ3n) is 5.65. The van der Waals surface area contributed by atoms with Crippen LogP contribution in [0.1, 0.15) is 29.9 Å². The zero-order chi connectivity index (χ0) is 24.4. The molecule has 3 aromatic rings. The number of aryl methyl sites for hydroxylation is 1. The molecule has 1 N–H and O–H groups in total. The summed E-state index contributed by atoms with van der Waals surface area (Å²) in [7, 11) is 2.99. The molecule has 176 valence electrons. The molecule has 2 aromatic carbocycles. The van der Waals surface area contributed by atoms with E-state index in [4.69, 9.17) is 18.6 Å². The highest BCUT2D eigenvalue weighted by Gasteiger charge is 2.48. The Morgan fingerprint density at radius 2 is 1.76 bits per heavy atom. The summed E-state index contributed by atoms with van der Waals surface area (Å²) in [6.07, 6.45) is 1.45. The topological polar surface area (TPSA) is 98.4 Å². The Kier molecular flexibility index (Phi) is 6.32. The van der Waals surface area contributed by atoms with Crippen molar-refractivity contribution in [3.63, 3.8) is 0 Å². The van der Waals surface area contributed by atoms with Gasteiger partial charge in [0.15, 0.2) is 11.5 Å². The number of hydrogen-bond donors (Lipinski definition) is 1. The number of nitrogens with zero attached hydrogens (tertiary/aromatic N) is 1. The van der Waals surface area contributed by atoms with Crippen molar-refractivity contribution in [1.29, 1.82) is 0 Å². The third-order valence-corrected chi connectivity index (χ3v) is 5.65. The number of benzene rings is 2. The summed E-state index contributed by atoms with van der Waals surface area (Å²) in [5.74, 6) is -0.0398. The highest BCUT2D eigenvalue weighted by Crippen LogP contribution is 2.44. The first kappa shape index (κ1) is 23.0. The maximum Gasteiger partial charge on any atom is 0.300 e. The van der Waals surface area contributed by atoms with Crippen LogP contribution in [0.3, 0.4) is 0 Å². The van der Waals surface area contributed by atoms with E-state index in [0.717, 1.165) is 5.56 Å². The highest BCUT2D eigenvalue weighted by atomic mass is 16.5. The average molecular weight is 463 g/mol. The normalized spacial score (nSPS) is 17.2. The lowest BCUT2D eigenvalue weighted by molar-refractivity contribution is -0.132.